The maximum atomic E-state index is 12.5. The normalized spacial score (nSPS) is 17.5. The van der Waals surface area contributed by atoms with E-state index in [-0.39, 0.29) is 29.4 Å². The second kappa shape index (κ2) is 8.68. The van der Waals surface area contributed by atoms with Gasteiger partial charge in [-0.25, -0.2) is 12.7 Å². The first-order valence-electron chi connectivity index (χ1n) is 8.13. The highest BCUT2D eigenvalue weighted by atomic mass is 127. The van der Waals surface area contributed by atoms with Gasteiger partial charge in [0.05, 0.1) is 4.90 Å². The third-order valence-electron chi connectivity index (χ3n) is 4.36. The second-order valence-corrected chi connectivity index (χ2v) is 9.25. The van der Waals surface area contributed by atoms with Gasteiger partial charge in [-0.15, -0.1) is 24.0 Å². The lowest BCUT2D eigenvalue weighted by atomic mass is 9.93. The molecule has 0 saturated carbocycles. The molecule has 1 aromatic carbocycles. The Labute approximate surface area is 168 Å². The molecule has 0 atom stereocenters. The molecule has 0 bridgehead atoms. The third-order valence-corrected chi connectivity index (χ3v) is 6.27. The summed E-state index contributed by atoms with van der Waals surface area (Å²) in [7, 11) is 1.39. The van der Waals surface area contributed by atoms with Crippen LogP contribution in [-0.4, -0.2) is 57.8 Å². The van der Waals surface area contributed by atoms with E-state index in [4.69, 9.17) is 0 Å². The van der Waals surface area contributed by atoms with Crippen LogP contribution >= 0.6 is 24.0 Å². The van der Waals surface area contributed by atoms with Crippen molar-refractivity contribution in [3.05, 3.63) is 29.8 Å². The van der Waals surface area contributed by atoms with E-state index in [1.54, 1.807) is 33.3 Å². The molecular weight excluding hydrogens is 451 g/mol. The Kier molecular flexibility index (Phi) is 7.70. The minimum Gasteiger partial charge on any atom is -0.352 e. The Morgan fingerprint density at radius 3 is 2.48 bits per heavy atom. The monoisotopic (exact) mass is 480 g/mol. The van der Waals surface area contributed by atoms with E-state index >= 15 is 0 Å². The van der Waals surface area contributed by atoms with Crippen molar-refractivity contribution < 1.29 is 8.42 Å². The zero-order valence-electron chi connectivity index (χ0n) is 15.6. The number of hydrogen-bond donors (Lipinski definition) is 1. The molecule has 1 fully saturated rings. The molecule has 1 N–H and O–H groups in total. The highest BCUT2D eigenvalue weighted by molar-refractivity contribution is 14.0. The SMILES string of the molecule is CN=C(NCc1ccccc1S(=O)(=O)N(C)C)N1CCC(C)(C)C1.I. The molecule has 142 valence electrons. The summed E-state index contributed by atoms with van der Waals surface area (Å²) in [5, 5.41) is 3.31. The molecule has 1 aliphatic heterocycles. The quantitative estimate of drug-likeness (QED) is 0.409. The fourth-order valence-electron chi connectivity index (χ4n) is 2.90. The predicted molar refractivity (Wildman–Crippen MR) is 113 cm³/mol. The van der Waals surface area contributed by atoms with E-state index in [1.165, 1.54) is 4.31 Å². The van der Waals surface area contributed by atoms with Gasteiger partial charge in [-0.05, 0) is 23.5 Å². The van der Waals surface area contributed by atoms with Gasteiger partial charge in [-0.2, -0.15) is 0 Å². The predicted octanol–water partition coefficient (Wildman–Crippen LogP) is 2.36. The van der Waals surface area contributed by atoms with Crippen LogP contribution in [-0.2, 0) is 16.6 Å². The number of nitrogens with zero attached hydrogens (tertiary/aromatic N) is 3. The van der Waals surface area contributed by atoms with Crippen LogP contribution < -0.4 is 5.32 Å². The summed E-state index contributed by atoms with van der Waals surface area (Å²) >= 11 is 0. The van der Waals surface area contributed by atoms with Gasteiger partial charge >= 0.3 is 0 Å². The summed E-state index contributed by atoms with van der Waals surface area (Å²) in [6.45, 7) is 6.83. The smallest absolute Gasteiger partial charge is 0.242 e. The Hall–Kier alpha value is -0.870. The van der Waals surface area contributed by atoms with E-state index in [0.29, 0.717) is 11.4 Å². The van der Waals surface area contributed by atoms with E-state index in [9.17, 15) is 8.42 Å². The maximum Gasteiger partial charge on any atom is 0.242 e. The number of halogens is 1. The number of hydrogen-bond acceptors (Lipinski definition) is 3. The molecule has 0 aliphatic carbocycles. The van der Waals surface area contributed by atoms with Gasteiger partial charge in [-0.3, -0.25) is 4.99 Å². The number of aliphatic imine (C=N–C) groups is 1. The lowest BCUT2D eigenvalue weighted by Crippen LogP contribution is -2.40. The van der Waals surface area contributed by atoms with Crippen molar-refractivity contribution in [1.82, 2.24) is 14.5 Å². The molecule has 0 spiro atoms. The van der Waals surface area contributed by atoms with Crippen LogP contribution in [0.15, 0.2) is 34.2 Å². The average Bonchev–Trinajstić information content (AvgIpc) is 2.88. The van der Waals surface area contributed by atoms with Crippen LogP contribution in [0.3, 0.4) is 0 Å². The lowest BCUT2D eigenvalue weighted by Gasteiger charge is -2.24. The Balaban J connectivity index is 0.00000312. The van der Waals surface area contributed by atoms with Crippen LogP contribution in [0.2, 0.25) is 0 Å². The van der Waals surface area contributed by atoms with Crippen molar-refractivity contribution in [3.63, 3.8) is 0 Å². The molecule has 0 unspecified atom stereocenters. The number of guanidine groups is 1. The summed E-state index contributed by atoms with van der Waals surface area (Å²) in [5.41, 5.74) is 1.02. The number of rotatable bonds is 4. The summed E-state index contributed by atoms with van der Waals surface area (Å²) in [5.74, 6) is 0.817. The molecule has 1 saturated heterocycles. The Morgan fingerprint density at radius 2 is 1.96 bits per heavy atom. The molecule has 0 amide bonds. The molecule has 6 nitrogen and oxygen atoms in total. The highest BCUT2D eigenvalue weighted by Crippen LogP contribution is 2.28. The van der Waals surface area contributed by atoms with Gasteiger partial charge in [0.1, 0.15) is 0 Å². The van der Waals surface area contributed by atoms with Gasteiger partial charge in [-0.1, -0.05) is 32.0 Å². The molecule has 0 aromatic heterocycles. The second-order valence-electron chi connectivity index (χ2n) is 7.13. The van der Waals surface area contributed by atoms with Gasteiger partial charge in [0.2, 0.25) is 10.0 Å². The van der Waals surface area contributed by atoms with Crippen LogP contribution in [0, 0.1) is 5.41 Å². The zero-order valence-corrected chi connectivity index (χ0v) is 18.8. The number of nitrogens with one attached hydrogen (secondary N) is 1. The van der Waals surface area contributed by atoms with E-state index < -0.39 is 10.0 Å². The molecule has 8 heteroatoms. The fourth-order valence-corrected chi connectivity index (χ4v) is 4.01. The summed E-state index contributed by atoms with van der Waals surface area (Å²) in [6.07, 6.45) is 1.12. The minimum absolute atomic E-state index is 0. The first kappa shape index (κ1) is 22.2. The largest absolute Gasteiger partial charge is 0.352 e. The van der Waals surface area contributed by atoms with Crippen molar-refractivity contribution in [1.29, 1.82) is 0 Å². The number of likely N-dealkylation sites (tertiary alicyclic amines) is 1. The molecular formula is C17H29IN4O2S. The minimum atomic E-state index is -3.46. The molecule has 25 heavy (non-hydrogen) atoms. The number of sulfonamides is 1. The van der Waals surface area contributed by atoms with Crippen molar-refractivity contribution in [2.45, 2.75) is 31.7 Å². The lowest BCUT2D eigenvalue weighted by molar-refractivity contribution is 0.370. The summed E-state index contributed by atoms with van der Waals surface area (Å²) in [6, 6.07) is 7.09. The van der Waals surface area contributed by atoms with Gasteiger partial charge in [0.15, 0.2) is 5.96 Å². The topological polar surface area (TPSA) is 65.0 Å². The molecule has 1 aromatic rings. The summed E-state index contributed by atoms with van der Waals surface area (Å²) < 4.78 is 26.2. The highest BCUT2D eigenvalue weighted by Gasteiger charge is 2.31. The molecule has 1 heterocycles. The van der Waals surface area contributed by atoms with Crippen LogP contribution in [0.1, 0.15) is 25.8 Å². The molecule has 1 aliphatic rings. The Bertz CT molecular complexity index is 717. The first-order valence-corrected chi connectivity index (χ1v) is 9.57. The van der Waals surface area contributed by atoms with E-state index in [2.05, 4.69) is 29.1 Å². The average molecular weight is 480 g/mol. The van der Waals surface area contributed by atoms with Crippen molar-refractivity contribution >= 4 is 40.0 Å². The van der Waals surface area contributed by atoms with E-state index in [1.807, 2.05) is 12.1 Å². The standard InChI is InChI=1S/C17H28N4O2S.HI/c1-17(2)10-11-21(13-17)16(18-3)19-12-14-8-6-7-9-15(14)24(22,23)20(4)5;/h6-9H,10-13H2,1-5H3,(H,18,19);1H. The Morgan fingerprint density at radius 1 is 1.32 bits per heavy atom. The van der Waals surface area contributed by atoms with Crippen molar-refractivity contribution in [2.24, 2.45) is 10.4 Å². The van der Waals surface area contributed by atoms with Gasteiger partial charge in [0, 0.05) is 40.8 Å². The first-order chi connectivity index (χ1) is 11.2. The summed E-state index contributed by atoms with van der Waals surface area (Å²) in [4.78, 5) is 6.91. The van der Waals surface area contributed by atoms with Crippen LogP contribution in [0.4, 0.5) is 0 Å². The van der Waals surface area contributed by atoms with Crippen molar-refractivity contribution in [2.75, 3.05) is 34.2 Å². The fraction of sp³-hybridized carbons (Fsp3) is 0.588. The van der Waals surface area contributed by atoms with Gasteiger partial charge in [0.25, 0.3) is 0 Å². The molecule has 0 radical (unpaired) electrons. The van der Waals surface area contributed by atoms with Crippen LogP contribution in [0.5, 0.6) is 0 Å². The maximum absolute atomic E-state index is 12.5. The van der Waals surface area contributed by atoms with E-state index in [0.717, 1.165) is 31.0 Å². The molecule has 2 rings (SSSR count). The van der Waals surface area contributed by atoms with Crippen LogP contribution in [0.25, 0.3) is 0 Å². The van der Waals surface area contributed by atoms with Crippen molar-refractivity contribution in [3.8, 4) is 0 Å². The third kappa shape index (κ3) is 5.30. The van der Waals surface area contributed by atoms with Gasteiger partial charge < -0.3 is 10.2 Å². The zero-order chi connectivity index (χ0) is 18.0. The number of benzene rings is 1.